The van der Waals surface area contributed by atoms with Gasteiger partial charge in [-0.1, -0.05) is 13.0 Å². The highest BCUT2D eigenvalue weighted by Crippen LogP contribution is 2.40. The molecule has 0 spiro atoms. The van der Waals surface area contributed by atoms with Gasteiger partial charge < -0.3 is 14.8 Å². The molecule has 114 valence electrons. The van der Waals surface area contributed by atoms with Gasteiger partial charge in [-0.25, -0.2) is 4.98 Å². The van der Waals surface area contributed by atoms with Crippen LogP contribution in [0.15, 0.2) is 18.2 Å². The van der Waals surface area contributed by atoms with Crippen LogP contribution in [-0.2, 0) is 6.54 Å². The number of ether oxygens (including phenoxy) is 2. The van der Waals surface area contributed by atoms with E-state index in [1.54, 1.807) is 25.6 Å². The molecule has 0 amide bonds. The maximum absolute atomic E-state index is 5.50. The molecule has 5 heteroatoms. The van der Waals surface area contributed by atoms with Crippen molar-refractivity contribution in [3.63, 3.8) is 0 Å². The van der Waals surface area contributed by atoms with Crippen molar-refractivity contribution >= 4 is 11.3 Å². The van der Waals surface area contributed by atoms with Crippen molar-refractivity contribution in [3.8, 4) is 22.1 Å². The van der Waals surface area contributed by atoms with E-state index in [2.05, 4.69) is 24.1 Å². The molecule has 0 radical (unpaired) electrons. The summed E-state index contributed by atoms with van der Waals surface area (Å²) in [7, 11) is 3.31. The zero-order valence-electron chi connectivity index (χ0n) is 13.0. The van der Waals surface area contributed by atoms with Crippen LogP contribution in [0.3, 0.4) is 0 Å². The highest BCUT2D eigenvalue weighted by molar-refractivity contribution is 7.15. The third-order valence-corrected chi connectivity index (χ3v) is 4.43. The van der Waals surface area contributed by atoms with Gasteiger partial charge in [-0.15, -0.1) is 11.3 Å². The summed E-state index contributed by atoms with van der Waals surface area (Å²) in [6.45, 7) is 6.10. The fourth-order valence-electron chi connectivity index (χ4n) is 2.14. The van der Waals surface area contributed by atoms with Crippen molar-refractivity contribution in [2.75, 3.05) is 20.8 Å². The number of para-hydroxylation sites is 1. The first-order valence-electron chi connectivity index (χ1n) is 7.09. The van der Waals surface area contributed by atoms with Crippen molar-refractivity contribution < 1.29 is 9.47 Å². The maximum Gasteiger partial charge on any atom is 0.170 e. The average Bonchev–Trinajstić information content (AvgIpc) is 2.87. The number of thiazole rings is 1. The van der Waals surface area contributed by atoms with Gasteiger partial charge in [-0.3, -0.25) is 0 Å². The van der Waals surface area contributed by atoms with E-state index in [0.29, 0.717) is 0 Å². The van der Waals surface area contributed by atoms with Gasteiger partial charge in [0.05, 0.1) is 25.5 Å². The van der Waals surface area contributed by atoms with Crippen molar-refractivity contribution in [1.29, 1.82) is 0 Å². The van der Waals surface area contributed by atoms with Crippen molar-refractivity contribution in [2.24, 2.45) is 0 Å². The molecule has 1 N–H and O–H groups in total. The zero-order valence-corrected chi connectivity index (χ0v) is 13.8. The smallest absolute Gasteiger partial charge is 0.170 e. The topological polar surface area (TPSA) is 43.4 Å². The standard InChI is InChI=1S/C16H22N2O2S/c1-5-9-17-10-14-11(2)18-16(21-14)12-7-6-8-13(19-3)15(12)20-4/h6-8,17H,5,9-10H2,1-4H3. The monoisotopic (exact) mass is 306 g/mol. The minimum Gasteiger partial charge on any atom is -0.493 e. The normalized spacial score (nSPS) is 10.7. The summed E-state index contributed by atoms with van der Waals surface area (Å²) in [5.41, 5.74) is 2.05. The van der Waals surface area contributed by atoms with Crippen LogP contribution in [0.4, 0.5) is 0 Å². The molecule has 2 rings (SSSR count). The Morgan fingerprint density at radius 3 is 2.71 bits per heavy atom. The van der Waals surface area contributed by atoms with Gasteiger partial charge in [-0.2, -0.15) is 0 Å². The largest absolute Gasteiger partial charge is 0.493 e. The first-order valence-corrected chi connectivity index (χ1v) is 7.91. The van der Waals surface area contributed by atoms with Crippen LogP contribution in [0.2, 0.25) is 0 Å². The SMILES string of the molecule is CCCNCc1sc(-c2cccc(OC)c2OC)nc1C. The van der Waals surface area contributed by atoms with Crippen LogP contribution in [0.5, 0.6) is 11.5 Å². The minimum atomic E-state index is 0.730. The summed E-state index contributed by atoms with van der Waals surface area (Å²) in [5, 5.41) is 4.39. The Balaban J connectivity index is 2.32. The third kappa shape index (κ3) is 3.54. The summed E-state index contributed by atoms with van der Waals surface area (Å²) in [6.07, 6.45) is 1.13. The predicted molar refractivity (Wildman–Crippen MR) is 87.4 cm³/mol. The number of aryl methyl sites for hydroxylation is 1. The Morgan fingerprint density at radius 2 is 2.05 bits per heavy atom. The van der Waals surface area contributed by atoms with E-state index in [1.165, 1.54) is 4.88 Å². The molecular formula is C16H22N2O2S. The number of hydrogen-bond donors (Lipinski definition) is 1. The quantitative estimate of drug-likeness (QED) is 0.793. The Hall–Kier alpha value is -1.59. The van der Waals surface area contributed by atoms with E-state index in [9.17, 15) is 0 Å². The van der Waals surface area contributed by atoms with Gasteiger partial charge in [0, 0.05) is 11.4 Å². The molecule has 0 saturated heterocycles. The molecular weight excluding hydrogens is 284 g/mol. The minimum absolute atomic E-state index is 0.730. The van der Waals surface area contributed by atoms with Crippen molar-refractivity contribution in [2.45, 2.75) is 26.8 Å². The van der Waals surface area contributed by atoms with E-state index in [0.717, 1.165) is 47.3 Å². The molecule has 0 fully saturated rings. The number of methoxy groups -OCH3 is 2. The average molecular weight is 306 g/mol. The van der Waals surface area contributed by atoms with E-state index in [-0.39, 0.29) is 0 Å². The first kappa shape index (κ1) is 15.8. The molecule has 0 aliphatic rings. The lowest BCUT2D eigenvalue weighted by Gasteiger charge is -2.10. The first-order chi connectivity index (χ1) is 10.2. The van der Waals surface area contributed by atoms with Crippen molar-refractivity contribution in [1.82, 2.24) is 10.3 Å². The molecule has 0 aliphatic heterocycles. The van der Waals surface area contributed by atoms with Crippen LogP contribution in [0, 0.1) is 6.92 Å². The number of nitrogens with one attached hydrogen (secondary N) is 1. The highest BCUT2D eigenvalue weighted by atomic mass is 32.1. The molecule has 4 nitrogen and oxygen atoms in total. The zero-order chi connectivity index (χ0) is 15.2. The Bertz CT molecular complexity index is 596. The fraction of sp³-hybridized carbons (Fsp3) is 0.438. The number of nitrogens with zero attached hydrogens (tertiary/aromatic N) is 1. The molecule has 21 heavy (non-hydrogen) atoms. The molecule has 0 saturated carbocycles. The van der Waals surface area contributed by atoms with Crippen molar-refractivity contribution in [3.05, 3.63) is 28.8 Å². The Kier molecular flexibility index (Phi) is 5.59. The van der Waals surface area contributed by atoms with Gasteiger partial charge in [0.2, 0.25) is 0 Å². The van der Waals surface area contributed by atoms with E-state index in [1.807, 2.05) is 18.2 Å². The molecule has 1 heterocycles. The summed E-state index contributed by atoms with van der Waals surface area (Å²) >= 11 is 1.70. The summed E-state index contributed by atoms with van der Waals surface area (Å²) < 4.78 is 10.8. The van der Waals surface area contributed by atoms with Gasteiger partial charge in [0.25, 0.3) is 0 Å². The van der Waals surface area contributed by atoms with Crippen LogP contribution in [-0.4, -0.2) is 25.7 Å². The number of rotatable bonds is 7. The molecule has 0 aliphatic carbocycles. The van der Waals surface area contributed by atoms with E-state index in [4.69, 9.17) is 9.47 Å². The fourth-order valence-corrected chi connectivity index (χ4v) is 3.20. The lowest BCUT2D eigenvalue weighted by atomic mass is 10.2. The molecule has 0 bridgehead atoms. The van der Waals surface area contributed by atoms with Crippen LogP contribution >= 0.6 is 11.3 Å². The molecule has 0 atom stereocenters. The molecule has 0 unspecified atom stereocenters. The van der Waals surface area contributed by atoms with Gasteiger partial charge >= 0.3 is 0 Å². The van der Waals surface area contributed by atoms with Gasteiger partial charge in [0.1, 0.15) is 5.01 Å². The van der Waals surface area contributed by atoms with E-state index >= 15 is 0 Å². The number of benzene rings is 1. The van der Waals surface area contributed by atoms with E-state index < -0.39 is 0 Å². The lowest BCUT2D eigenvalue weighted by molar-refractivity contribution is 0.356. The lowest BCUT2D eigenvalue weighted by Crippen LogP contribution is -2.13. The maximum atomic E-state index is 5.50. The summed E-state index contributed by atoms with van der Waals surface area (Å²) in [5.74, 6) is 1.47. The Labute approximate surface area is 130 Å². The third-order valence-electron chi connectivity index (χ3n) is 3.24. The second kappa shape index (κ2) is 7.43. The van der Waals surface area contributed by atoms with Crippen LogP contribution in [0.25, 0.3) is 10.6 Å². The second-order valence-corrected chi connectivity index (χ2v) is 5.83. The Morgan fingerprint density at radius 1 is 1.24 bits per heavy atom. The molecule has 1 aromatic carbocycles. The van der Waals surface area contributed by atoms with Crippen LogP contribution < -0.4 is 14.8 Å². The summed E-state index contributed by atoms with van der Waals surface area (Å²) in [6, 6.07) is 5.87. The highest BCUT2D eigenvalue weighted by Gasteiger charge is 2.16. The van der Waals surface area contributed by atoms with Gasteiger partial charge in [-0.05, 0) is 32.0 Å². The molecule has 2 aromatic rings. The van der Waals surface area contributed by atoms with Crippen LogP contribution in [0.1, 0.15) is 23.9 Å². The predicted octanol–water partition coefficient (Wildman–Crippen LogP) is 3.64. The van der Waals surface area contributed by atoms with Gasteiger partial charge in [0.15, 0.2) is 11.5 Å². The number of hydrogen-bond acceptors (Lipinski definition) is 5. The molecule has 1 aromatic heterocycles. The number of aromatic nitrogens is 1. The second-order valence-electron chi connectivity index (χ2n) is 4.75. The summed E-state index contributed by atoms with van der Waals surface area (Å²) in [4.78, 5) is 5.95.